The summed E-state index contributed by atoms with van der Waals surface area (Å²) in [5.41, 5.74) is 0.626. The van der Waals surface area contributed by atoms with E-state index in [1.165, 1.54) is 11.0 Å². The van der Waals surface area contributed by atoms with Crippen LogP contribution in [-0.2, 0) is 9.59 Å². The van der Waals surface area contributed by atoms with Crippen molar-refractivity contribution in [1.82, 2.24) is 15.1 Å². The second-order valence-electron chi connectivity index (χ2n) is 7.67. The molecule has 1 N–H and O–H groups in total. The highest BCUT2D eigenvalue weighted by Gasteiger charge is 2.32. The average Bonchev–Trinajstić information content (AvgIpc) is 3.30. The zero-order chi connectivity index (χ0) is 22.4. The lowest BCUT2D eigenvalue weighted by Crippen LogP contribution is -2.54. The van der Waals surface area contributed by atoms with Crippen LogP contribution in [0.1, 0.15) is 31.7 Å². The van der Waals surface area contributed by atoms with Crippen LogP contribution in [0.15, 0.2) is 41.8 Å². The van der Waals surface area contributed by atoms with Gasteiger partial charge in [-0.05, 0) is 44.4 Å². The second-order valence-corrected chi connectivity index (χ2v) is 8.65. The quantitative estimate of drug-likeness (QED) is 0.664. The Morgan fingerprint density at radius 3 is 2.35 bits per heavy atom. The molecule has 0 bridgehead atoms. The van der Waals surface area contributed by atoms with Crippen molar-refractivity contribution < 1.29 is 14.0 Å². The van der Waals surface area contributed by atoms with Gasteiger partial charge in [0, 0.05) is 50.2 Å². The first-order valence-corrected chi connectivity index (χ1v) is 11.7. The number of thiophene rings is 1. The molecular weight excluding hydrogens is 415 g/mol. The Bertz CT molecular complexity index is 864. The first kappa shape index (κ1) is 23.2. The number of benzene rings is 1. The Morgan fingerprint density at radius 1 is 1.10 bits per heavy atom. The van der Waals surface area contributed by atoms with Gasteiger partial charge in [0.15, 0.2) is 0 Å². The van der Waals surface area contributed by atoms with Crippen LogP contribution in [0.4, 0.5) is 10.1 Å². The molecular formula is C23H31FN4O2S. The van der Waals surface area contributed by atoms with Gasteiger partial charge in [-0.1, -0.05) is 18.2 Å². The molecule has 2 atom stereocenters. The molecule has 3 rings (SSSR count). The number of piperazine rings is 1. The lowest BCUT2D eigenvalue weighted by atomic mass is 10.0. The van der Waals surface area contributed by atoms with Crippen LogP contribution in [0.25, 0.3) is 0 Å². The highest BCUT2D eigenvalue weighted by atomic mass is 32.1. The maximum absolute atomic E-state index is 14.2. The van der Waals surface area contributed by atoms with E-state index in [0.29, 0.717) is 31.9 Å². The Labute approximate surface area is 187 Å². The number of rotatable bonds is 7. The fraction of sp³-hybridized carbons (Fsp3) is 0.478. The van der Waals surface area contributed by atoms with Crippen molar-refractivity contribution in [2.24, 2.45) is 0 Å². The molecule has 0 spiro atoms. The van der Waals surface area contributed by atoms with Crippen LogP contribution >= 0.6 is 11.3 Å². The third kappa shape index (κ3) is 5.43. The van der Waals surface area contributed by atoms with E-state index in [4.69, 9.17) is 0 Å². The number of likely N-dealkylation sites (N-methyl/N-ethyl adjacent to an activating group) is 1. The van der Waals surface area contributed by atoms with E-state index in [1.54, 1.807) is 17.4 Å². The summed E-state index contributed by atoms with van der Waals surface area (Å²) >= 11 is 1.64. The number of hydrogen-bond acceptors (Lipinski definition) is 5. The lowest BCUT2D eigenvalue weighted by Gasteiger charge is -2.42. The van der Waals surface area contributed by atoms with Crippen molar-refractivity contribution in [2.75, 3.05) is 44.2 Å². The number of nitrogens with one attached hydrogen (secondary N) is 1. The molecule has 1 saturated heterocycles. The van der Waals surface area contributed by atoms with Gasteiger partial charge in [-0.25, -0.2) is 4.39 Å². The summed E-state index contributed by atoms with van der Waals surface area (Å²) in [6.07, 6.45) is 0. The van der Waals surface area contributed by atoms with Gasteiger partial charge in [-0.3, -0.25) is 14.5 Å². The Hall–Kier alpha value is -2.45. The summed E-state index contributed by atoms with van der Waals surface area (Å²) in [4.78, 5) is 32.0. The van der Waals surface area contributed by atoms with Crippen LogP contribution in [0.5, 0.6) is 0 Å². The number of nitrogens with zero attached hydrogens (tertiary/aromatic N) is 3. The maximum Gasteiger partial charge on any atom is 0.311 e. The highest BCUT2D eigenvalue weighted by molar-refractivity contribution is 7.10. The van der Waals surface area contributed by atoms with Gasteiger partial charge in [-0.2, -0.15) is 0 Å². The first-order chi connectivity index (χ1) is 15.0. The van der Waals surface area contributed by atoms with E-state index in [1.807, 2.05) is 44.4 Å². The third-order valence-electron chi connectivity index (χ3n) is 5.81. The summed E-state index contributed by atoms with van der Waals surface area (Å²) in [5.74, 6) is -1.27. The fourth-order valence-corrected chi connectivity index (χ4v) is 5.12. The number of amides is 2. The van der Waals surface area contributed by atoms with E-state index < -0.39 is 11.8 Å². The molecule has 1 aromatic carbocycles. The number of para-hydroxylation sites is 1. The molecule has 31 heavy (non-hydrogen) atoms. The third-order valence-corrected chi connectivity index (χ3v) is 6.76. The van der Waals surface area contributed by atoms with Crippen molar-refractivity contribution in [3.05, 3.63) is 52.5 Å². The van der Waals surface area contributed by atoms with E-state index in [-0.39, 0.29) is 17.9 Å². The van der Waals surface area contributed by atoms with Gasteiger partial charge in [0.1, 0.15) is 5.82 Å². The molecule has 0 aliphatic carbocycles. The molecule has 2 aromatic rings. The summed E-state index contributed by atoms with van der Waals surface area (Å²) in [6, 6.07) is 10.6. The number of hydrogen-bond donors (Lipinski definition) is 1. The van der Waals surface area contributed by atoms with Crippen LogP contribution in [0.3, 0.4) is 0 Å². The minimum Gasteiger partial charge on any atom is -0.367 e. The smallest absolute Gasteiger partial charge is 0.311 e. The molecule has 2 amide bonds. The number of halogens is 1. The Kier molecular flexibility index (Phi) is 8.03. The van der Waals surface area contributed by atoms with Gasteiger partial charge in [-0.15, -0.1) is 11.3 Å². The highest BCUT2D eigenvalue weighted by Crippen LogP contribution is 2.30. The monoisotopic (exact) mass is 446 g/mol. The molecule has 1 aliphatic rings. The average molecular weight is 447 g/mol. The van der Waals surface area contributed by atoms with Crippen molar-refractivity contribution >= 4 is 28.8 Å². The van der Waals surface area contributed by atoms with Crippen LogP contribution in [0, 0.1) is 5.82 Å². The lowest BCUT2D eigenvalue weighted by molar-refractivity contribution is -0.146. The predicted octanol–water partition coefficient (Wildman–Crippen LogP) is 3.12. The first-order valence-electron chi connectivity index (χ1n) is 10.8. The van der Waals surface area contributed by atoms with E-state index >= 15 is 0 Å². The molecule has 0 radical (unpaired) electrons. The van der Waals surface area contributed by atoms with Crippen LogP contribution in [-0.4, -0.2) is 66.9 Å². The largest absolute Gasteiger partial charge is 0.367 e. The minimum atomic E-state index is -0.567. The topological polar surface area (TPSA) is 55.9 Å². The standard InChI is InChI=1S/C23H31FN4O2S/c1-4-26(5-2)23(30)22(29)25-17(3)21(20-11-8-16-31-20)28-14-12-27(13-15-28)19-10-7-6-9-18(19)24/h6-11,16-17,21H,4-5,12-15H2,1-3H3,(H,25,29). The summed E-state index contributed by atoms with van der Waals surface area (Å²) in [7, 11) is 0. The van der Waals surface area contributed by atoms with Crippen molar-refractivity contribution in [3.63, 3.8) is 0 Å². The zero-order valence-electron chi connectivity index (χ0n) is 18.4. The van der Waals surface area contributed by atoms with E-state index in [9.17, 15) is 14.0 Å². The number of carbonyl (C=O) groups is 2. The predicted molar refractivity (Wildman–Crippen MR) is 123 cm³/mol. The Balaban J connectivity index is 1.70. The zero-order valence-corrected chi connectivity index (χ0v) is 19.2. The molecule has 1 aliphatic heterocycles. The van der Waals surface area contributed by atoms with Crippen molar-refractivity contribution in [3.8, 4) is 0 Å². The second kappa shape index (κ2) is 10.7. The SMILES string of the molecule is CCN(CC)C(=O)C(=O)NC(C)C(c1cccs1)N1CCN(c2ccccc2F)CC1. The van der Waals surface area contributed by atoms with Crippen molar-refractivity contribution in [1.29, 1.82) is 0 Å². The molecule has 8 heteroatoms. The van der Waals surface area contributed by atoms with Gasteiger partial charge in [0.25, 0.3) is 0 Å². The van der Waals surface area contributed by atoms with Gasteiger partial charge in [0.2, 0.25) is 0 Å². The number of anilines is 1. The normalized spacial score (nSPS) is 16.6. The molecule has 168 valence electrons. The summed E-state index contributed by atoms with van der Waals surface area (Å²) in [5, 5.41) is 4.95. The van der Waals surface area contributed by atoms with Gasteiger partial charge >= 0.3 is 11.8 Å². The molecule has 2 unspecified atom stereocenters. The summed E-state index contributed by atoms with van der Waals surface area (Å²) < 4.78 is 14.2. The summed E-state index contributed by atoms with van der Waals surface area (Å²) in [6.45, 7) is 9.54. The van der Waals surface area contributed by atoms with Gasteiger partial charge < -0.3 is 15.1 Å². The number of carbonyl (C=O) groups excluding carboxylic acids is 2. The fourth-order valence-electron chi connectivity index (χ4n) is 4.15. The Morgan fingerprint density at radius 2 is 1.77 bits per heavy atom. The van der Waals surface area contributed by atoms with Crippen LogP contribution < -0.4 is 10.2 Å². The van der Waals surface area contributed by atoms with E-state index in [0.717, 1.165) is 18.0 Å². The molecule has 2 heterocycles. The van der Waals surface area contributed by atoms with E-state index in [2.05, 4.69) is 21.2 Å². The van der Waals surface area contributed by atoms with Crippen molar-refractivity contribution in [2.45, 2.75) is 32.9 Å². The minimum absolute atomic E-state index is 0.0452. The molecule has 6 nitrogen and oxygen atoms in total. The molecule has 1 aromatic heterocycles. The molecule has 0 saturated carbocycles. The van der Waals surface area contributed by atoms with Gasteiger partial charge in [0.05, 0.1) is 11.7 Å². The molecule has 1 fully saturated rings. The van der Waals surface area contributed by atoms with Crippen LogP contribution in [0.2, 0.25) is 0 Å². The maximum atomic E-state index is 14.2.